The first-order valence-electron chi connectivity index (χ1n) is 4.51. The summed E-state index contributed by atoms with van der Waals surface area (Å²) in [4.78, 5) is 19.5. The zero-order valence-electron chi connectivity index (χ0n) is 8.27. The van der Waals surface area contributed by atoms with Crippen LogP contribution >= 0.6 is 11.8 Å². The van der Waals surface area contributed by atoms with Crippen LogP contribution in [-0.2, 0) is 4.74 Å². The molecule has 6 heteroatoms. The lowest BCUT2D eigenvalue weighted by Gasteiger charge is -2.23. The van der Waals surface area contributed by atoms with Crippen molar-refractivity contribution in [3.63, 3.8) is 0 Å². The molecule has 1 aliphatic rings. The Morgan fingerprint density at radius 1 is 1.67 bits per heavy atom. The number of rotatable bonds is 2. The first kappa shape index (κ1) is 10.2. The van der Waals surface area contributed by atoms with E-state index in [4.69, 9.17) is 5.73 Å². The maximum atomic E-state index is 11.2. The second-order valence-corrected chi connectivity index (χ2v) is 4.33. The van der Waals surface area contributed by atoms with Gasteiger partial charge in [-0.3, -0.25) is 0 Å². The van der Waals surface area contributed by atoms with Gasteiger partial charge in [0.2, 0.25) is 0 Å². The van der Waals surface area contributed by atoms with Gasteiger partial charge in [-0.15, -0.1) is 0 Å². The molecular weight excluding hydrogens is 214 g/mol. The molecule has 1 saturated heterocycles. The predicted molar refractivity (Wildman–Crippen MR) is 57.8 cm³/mol. The van der Waals surface area contributed by atoms with Crippen molar-refractivity contribution >= 4 is 23.5 Å². The molecule has 2 N–H and O–H groups in total. The Balaban J connectivity index is 2.25. The Bertz CT molecular complexity index is 393. The Morgan fingerprint density at radius 3 is 2.87 bits per heavy atom. The van der Waals surface area contributed by atoms with Crippen molar-refractivity contribution in [1.29, 1.82) is 0 Å². The Kier molecular flexibility index (Phi) is 2.77. The smallest absolute Gasteiger partial charge is 0.343 e. The minimum absolute atomic E-state index is 0.198. The highest BCUT2D eigenvalue weighted by atomic mass is 32.2. The van der Waals surface area contributed by atoms with E-state index in [1.165, 1.54) is 13.3 Å². The molecule has 1 aromatic rings. The summed E-state index contributed by atoms with van der Waals surface area (Å²) in [6, 6.07) is 0. The molecule has 0 aliphatic carbocycles. The Labute approximate surface area is 91.4 Å². The lowest BCUT2D eigenvalue weighted by molar-refractivity contribution is 0.0601. The molecular formula is C9H11N3O2S. The molecule has 0 aromatic carbocycles. The van der Waals surface area contributed by atoms with Crippen LogP contribution in [0.25, 0.3) is 0 Å². The molecule has 1 aromatic heterocycles. The number of nitrogens with two attached hydrogens (primary N) is 1. The van der Waals surface area contributed by atoms with Gasteiger partial charge < -0.3 is 10.5 Å². The molecule has 0 amide bonds. The van der Waals surface area contributed by atoms with Crippen molar-refractivity contribution in [3.05, 3.63) is 17.6 Å². The lowest BCUT2D eigenvalue weighted by atomic mass is 10.2. The van der Waals surface area contributed by atoms with Crippen molar-refractivity contribution in [2.45, 2.75) is 5.92 Å². The van der Waals surface area contributed by atoms with E-state index in [9.17, 15) is 4.79 Å². The number of ether oxygens (including phenoxy) is 1. The highest BCUT2D eigenvalue weighted by Crippen LogP contribution is 2.32. The van der Waals surface area contributed by atoms with E-state index in [0.29, 0.717) is 5.92 Å². The van der Waals surface area contributed by atoms with E-state index in [1.807, 2.05) is 11.8 Å². The van der Waals surface area contributed by atoms with Gasteiger partial charge in [-0.1, -0.05) is 0 Å². The van der Waals surface area contributed by atoms with Crippen LogP contribution in [0, 0.1) is 0 Å². The molecule has 80 valence electrons. The SMILES string of the molecule is COC(=O)c1cnc(C2CSC2)nc1N. The monoisotopic (exact) mass is 225 g/mol. The zero-order valence-corrected chi connectivity index (χ0v) is 9.08. The van der Waals surface area contributed by atoms with Gasteiger partial charge in [0.15, 0.2) is 0 Å². The third-order valence-corrected chi connectivity index (χ3v) is 3.52. The fourth-order valence-electron chi connectivity index (χ4n) is 1.26. The molecule has 0 radical (unpaired) electrons. The highest BCUT2D eigenvalue weighted by molar-refractivity contribution is 8.00. The number of nitrogens with zero attached hydrogens (tertiary/aromatic N) is 2. The van der Waals surface area contributed by atoms with E-state index in [1.54, 1.807) is 0 Å². The van der Waals surface area contributed by atoms with Crippen LogP contribution in [0.1, 0.15) is 22.1 Å². The topological polar surface area (TPSA) is 78.1 Å². The maximum absolute atomic E-state index is 11.2. The zero-order chi connectivity index (χ0) is 10.8. The van der Waals surface area contributed by atoms with Gasteiger partial charge in [-0.25, -0.2) is 14.8 Å². The summed E-state index contributed by atoms with van der Waals surface area (Å²) in [6.45, 7) is 0. The number of carbonyl (C=O) groups is 1. The second-order valence-electron chi connectivity index (χ2n) is 3.25. The van der Waals surface area contributed by atoms with Crippen molar-refractivity contribution in [3.8, 4) is 0 Å². The summed E-state index contributed by atoms with van der Waals surface area (Å²) in [5.41, 5.74) is 5.89. The van der Waals surface area contributed by atoms with Gasteiger partial charge in [0.05, 0.1) is 7.11 Å². The van der Waals surface area contributed by atoms with Gasteiger partial charge in [-0.2, -0.15) is 11.8 Å². The lowest BCUT2D eigenvalue weighted by Crippen LogP contribution is -2.20. The van der Waals surface area contributed by atoms with Crippen molar-refractivity contribution in [1.82, 2.24) is 9.97 Å². The van der Waals surface area contributed by atoms with E-state index in [-0.39, 0.29) is 11.4 Å². The van der Waals surface area contributed by atoms with Gasteiger partial charge >= 0.3 is 5.97 Å². The van der Waals surface area contributed by atoms with Crippen molar-refractivity contribution in [2.24, 2.45) is 0 Å². The quantitative estimate of drug-likeness (QED) is 0.745. The minimum atomic E-state index is -0.498. The van der Waals surface area contributed by atoms with Gasteiger partial charge in [0.1, 0.15) is 17.2 Å². The van der Waals surface area contributed by atoms with Gasteiger partial charge in [0.25, 0.3) is 0 Å². The van der Waals surface area contributed by atoms with Crippen LogP contribution in [0.15, 0.2) is 6.20 Å². The molecule has 2 heterocycles. The first-order chi connectivity index (χ1) is 7.22. The molecule has 1 aliphatic heterocycles. The fourth-order valence-corrected chi connectivity index (χ4v) is 2.03. The molecule has 0 bridgehead atoms. The fraction of sp³-hybridized carbons (Fsp3) is 0.444. The van der Waals surface area contributed by atoms with E-state index < -0.39 is 5.97 Å². The number of thioether (sulfide) groups is 1. The summed E-state index contributed by atoms with van der Waals surface area (Å²) < 4.78 is 4.55. The summed E-state index contributed by atoms with van der Waals surface area (Å²) >= 11 is 1.85. The van der Waals surface area contributed by atoms with Crippen LogP contribution in [0.5, 0.6) is 0 Å². The van der Waals surface area contributed by atoms with Crippen LogP contribution in [0.3, 0.4) is 0 Å². The van der Waals surface area contributed by atoms with E-state index >= 15 is 0 Å². The number of aromatic nitrogens is 2. The Hall–Kier alpha value is -1.30. The average Bonchev–Trinajstić information content (AvgIpc) is 2.14. The molecule has 0 unspecified atom stereocenters. The van der Waals surface area contributed by atoms with Crippen LogP contribution in [0.4, 0.5) is 5.82 Å². The predicted octanol–water partition coefficient (Wildman–Crippen LogP) is 0.676. The van der Waals surface area contributed by atoms with Crippen LogP contribution < -0.4 is 5.73 Å². The number of methoxy groups -OCH3 is 1. The van der Waals surface area contributed by atoms with Crippen molar-refractivity contribution in [2.75, 3.05) is 24.3 Å². The third kappa shape index (κ3) is 1.90. The molecule has 5 nitrogen and oxygen atoms in total. The van der Waals surface area contributed by atoms with E-state index in [0.717, 1.165) is 17.3 Å². The first-order valence-corrected chi connectivity index (χ1v) is 5.66. The highest BCUT2D eigenvalue weighted by Gasteiger charge is 2.24. The number of anilines is 1. The molecule has 0 atom stereocenters. The molecule has 1 fully saturated rings. The molecule has 0 spiro atoms. The maximum Gasteiger partial charge on any atom is 0.343 e. The van der Waals surface area contributed by atoms with Gasteiger partial charge in [0, 0.05) is 23.6 Å². The van der Waals surface area contributed by atoms with Crippen LogP contribution in [-0.4, -0.2) is 34.6 Å². The standard InChI is InChI=1S/C9H11N3O2S/c1-14-9(13)6-2-11-8(12-7(6)10)5-3-15-4-5/h2,5H,3-4H2,1H3,(H2,10,11,12). The normalized spacial score (nSPS) is 15.8. The van der Waals surface area contributed by atoms with Crippen molar-refractivity contribution < 1.29 is 9.53 Å². The number of nitrogen functional groups attached to an aromatic ring is 1. The molecule has 0 saturated carbocycles. The number of hydrogen-bond donors (Lipinski definition) is 1. The molecule has 15 heavy (non-hydrogen) atoms. The van der Waals surface area contributed by atoms with E-state index in [2.05, 4.69) is 14.7 Å². The average molecular weight is 225 g/mol. The summed E-state index contributed by atoms with van der Waals surface area (Å²) in [7, 11) is 1.30. The summed E-state index contributed by atoms with van der Waals surface area (Å²) in [5.74, 6) is 2.85. The Morgan fingerprint density at radius 2 is 2.40 bits per heavy atom. The second kappa shape index (κ2) is 4.06. The van der Waals surface area contributed by atoms with Crippen LogP contribution in [0.2, 0.25) is 0 Å². The summed E-state index contributed by atoms with van der Waals surface area (Å²) in [6.07, 6.45) is 1.44. The largest absolute Gasteiger partial charge is 0.465 e. The minimum Gasteiger partial charge on any atom is -0.465 e. The third-order valence-electron chi connectivity index (χ3n) is 2.25. The number of esters is 1. The summed E-state index contributed by atoms with van der Waals surface area (Å²) in [5, 5.41) is 0. The molecule has 2 rings (SSSR count). The number of carbonyl (C=O) groups excluding carboxylic acids is 1. The number of hydrogen-bond acceptors (Lipinski definition) is 6. The van der Waals surface area contributed by atoms with Gasteiger partial charge in [-0.05, 0) is 0 Å².